The van der Waals surface area contributed by atoms with Crippen molar-refractivity contribution < 1.29 is 0 Å². The zero-order valence-electron chi connectivity index (χ0n) is 20.0. The highest BCUT2D eigenvalue weighted by Crippen LogP contribution is 2.30. The minimum absolute atomic E-state index is 0.606. The summed E-state index contributed by atoms with van der Waals surface area (Å²) < 4.78 is 2.15. The molecular weight excluding hydrogens is 422 g/mol. The molecule has 0 spiro atoms. The molecule has 0 radical (unpaired) electrons. The van der Waals surface area contributed by atoms with Crippen LogP contribution in [0.4, 0.5) is 0 Å². The number of aryl methyl sites for hydroxylation is 1. The SMILES string of the molecule is CCCCc1nc(CC2CCCCC2)n(Cc2ccc(-c3ccccc3-c3nn[nH]n3)cc2)n1. The van der Waals surface area contributed by atoms with Crippen LogP contribution in [-0.4, -0.2) is 35.4 Å². The van der Waals surface area contributed by atoms with Crippen molar-refractivity contribution in [3.05, 3.63) is 65.7 Å². The predicted octanol–water partition coefficient (Wildman–Crippen LogP) is 5.64. The number of tetrazole rings is 1. The summed E-state index contributed by atoms with van der Waals surface area (Å²) in [6, 6.07) is 16.9. The number of aromatic amines is 1. The monoisotopic (exact) mass is 455 g/mol. The lowest BCUT2D eigenvalue weighted by molar-refractivity contribution is 0.346. The van der Waals surface area contributed by atoms with Gasteiger partial charge in [0.15, 0.2) is 5.82 Å². The summed E-state index contributed by atoms with van der Waals surface area (Å²) in [6.07, 6.45) is 11.1. The molecule has 0 bridgehead atoms. The number of benzene rings is 2. The Hall–Kier alpha value is -3.35. The molecule has 2 aromatic heterocycles. The molecule has 1 aliphatic rings. The maximum atomic E-state index is 4.97. The van der Waals surface area contributed by atoms with Crippen molar-refractivity contribution in [3.8, 4) is 22.5 Å². The van der Waals surface area contributed by atoms with Crippen LogP contribution in [0.15, 0.2) is 48.5 Å². The van der Waals surface area contributed by atoms with Gasteiger partial charge < -0.3 is 0 Å². The van der Waals surface area contributed by atoms with Gasteiger partial charge in [0.25, 0.3) is 0 Å². The molecule has 0 unspecified atom stereocenters. The van der Waals surface area contributed by atoms with Crippen molar-refractivity contribution in [3.63, 3.8) is 0 Å². The van der Waals surface area contributed by atoms with Crippen LogP contribution in [0.25, 0.3) is 22.5 Å². The molecule has 0 amide bonds. The highest BCUT2D eigenvalue weighted by atomic mass is 15.5. The smallest absolute Gasteiger partial charge is 0.205 e. The van der Waals surface area contributed by atoms with Gasteiger partial charge in [0.05, 0.1) is 6.54 Å². The van der Waals surface area contributed by atoms with E-state index in [1.807, 2.05) is 18.2 Å². The molecule has 176 valence electrons. The molecule has 1 fully saturated rings. The fourth-order valence-electron chi connectivity index (χ4n) is 4.96. The molecule has 4 aromatic rings. The zero-order chi connectivity index (χ0) is 23.2. The van der Waals surface area contributed by atoms with Crippen LogP contribution < -0.4 is 0 Å². The van der Waals surface area contributed by atoms with Gasteiger partial charge in [0.1, 0.15) is 5.82 Å². The number of hydrogen-bond donors (Lipinski definition) is 1. The molecule has 7 nitrogen and oxygen atoms in total. The van der Waals surface area contributed by atoms with Gasteiger partial charge in [-0.25, -0.2) is 9.67 Å². The molecule has 0 atom stereocenters. The molecule has 0 saturated heterocycles. The predicted molar refractivity (Wildman–Crippen MR) is 133 cm³/mol. The molecule has 0 aliphatic heterocycles. The fourth-order valence-corrected chi connectivity index (χ4v) is 4.96. The Morgan fingerprint density at radius 3 is 2.50 bits per heavy atom. The average molecular weight is 456 g/mol. The van der Waals surface area contributed by atoms with E-state index in [1.165, 1.54) is 44.1 Å². The number of unbranched alkanes of at least 4 members (excludes halogenated alkanes) is 1. The van der Waals surface area contributed by atoms with Gasteiger partial charge in [-0.15, -0.1) is 10.2 Å². The van der Waals surface area contributed by atoms with E-state index in [-0.39, 0.29) is 0 Å². The second kappa shape index (κ2) is 10.7. The lowest BCUT2D eigenvalue weighted by Gasteiger charge is -2.21. The molecule has 2 aromatic carbocycles. The first-order valence-corrected chi connectivity index (χ1v) is 12.6. The van der Waals surface area contributed by atoms with E-state index in [0.717, 1.165) is 60.1 Å². The standard InChI is InChI=1S/C27H33N7/c1-2-3-13-25-28-26(18-20-9-5-4-6-10-20)34(31-25)19-21-14-16-22(17-15-21)23-11-7-8-12-24(23)27-29-32-33-30-27/h7-8,11-12,14-17,20H,2-6,9-10,13,18-19H2,1H3,(H,29,30,32,33). The number of nitrogens with one attached hydrogen (secondary N) is 1. The summed E-state index contributed by atoms with van der Waals surface area (Å²) >= 11 is 0. The Balaban J connectivity index is 1.36. The normalized spacial score (nSPS) is 14.5. The number of rotatable bonds is 9. The lowest BCUT2D eigenvalue weighted by atomic mass is 9.87. The topological polar surface area (TPSA) is 85.2 Å². The second-order valence-electron chi connectivity index (χ2n) is 9.39. The summed E-state index contributed by atoms with van der Waals surface area (Å²) in [5, 5.41) is 19.5. The van der Waals surface area contributed by atoms with Crippen LogP contribution in [-0.2, 0) is 19.4 Å². The zero-order valence-corrected chi connectivity index (χ0v) is 20.0. The van der Waals surface area contributed by atoms with Gasteiger partial charge in [-0.3, -0.25) is 0 Å². The number of nitrogens with zero attached hydrogens (tertiary/aromatic N) is 6. The Labute approximate surface area is 201 Å². The van der Waals surface area contributed by atoms with Crippen molar-refractivity contribution in [2.45, 2.75) is 71.3 Å². The summed E-state index contributed by atoms with van der Waals surface area (Å²) in [4.78, 5) is 4.97. The number of H-pyrrole nitrogens is 1. The van der Waals surface area contributed by atoms with Crippen LogP contribution in [0.2, 0.25) is 0 Å². The maximum absolute atomic E-state index is 4.97. The van der Waals surface area contributed by atoms with Gasteiger partial charge in [0.2, 0.25) is 5.82 Å². The van der Waals surface area contributed by atoms with E-state index in [0.29, 0.717) is 5.82 Å². The molecule has 1 aliphatic carbocycles. The molecule has 1 saturated carbocycles. The molecule has 34 heavy (non-hydrogen) atoms. The van der Waals surface area contributed by atoms with Crippen LogP contribution in [0.1, 0.15) is 69.1 Å². The van der Waals surface area contributed by atoms with Crippen LogP contribution in [0.3, 0.4) is 0 Å². The van der Waals surface area contributed by atoms with Crippen LogP contribution >= 0.6 is 0 Å². The maximum Gasteiger partial charge on any atom is 0.205 e. The van der Waals surface area contributed by atoms with E-state index < -0.39 is 0 Å². The van der Waals surface area contributed by atoms with Crippen LogP contribution in [0.5, 0.6) is 0 Å². The highest BCUT2D eigenvalue weighted by molar-refractivity contribution is 5.80. The van der Waals surface area contributed by atoms with E-state index in [9.17, 15) is 0 Å². The third kappa shape index (κ3) is 5.24. The first-order valence-electron chi connectivity index (χ1n) is 12.6. The summed E-state index contributed by atoms with van der Waals surface area (Å²) in [7, 11) is 0. The quantitative estimate of drug-likeness (QED) is 0.353. The third-order valence-corrected chi connectivity index (χ3v) is 6.85. The van der Waals surface area contributed by atoms with E-state index in [4.69, 9.17) is 10.1 Å². The largest absolute Gasteiger partial charge is 0.245 e. The van der Waals surface area contributed by atoms with Gasteiger partial charge in [0, 0.05) is 18.4 Å². The van der Waals surface area contributed by atoms with Gasteiger partial charge in [-0.1, -0.05) is 94.0 Å². The first kappa shape index (κ1) is 22.4. The Morgan fingerprint density at radius 2 is 1.76 bits per heavy atom. The van der Waals surface area contributed by atoms with Crippen molar-refractivity contribution in [2.75, 3.05) is 0 Å². The van der Waals surface area contributed by atoms with Crippen LogP contribution in [0, 0.1) is 5.92 Å². The van der Waals surface area contributed by atoms with Crippen molar-refractivity contribution in [2.24, 2.45) is 5.92 Å². The summed E-state index contributed by atoms with van der Waals surface area (Å²) in [5.74, 6) is 3.51. The molecule has 2 heterocycles. The highest BCUT2D eigenvalue weighted by Gasteiger charge is 2.19. The van der Waals surface area contributed by atoms with E-state index in [2.05, 4.69) is 62.6 Å². The second-order valence-corrected chi connectivity index (χ2v) is 9.39. The first-order chi connectivity index (χ1) is 16.8. The minimum Gasteiger partial charge on any atom is -0.245 e. The number of aromatic nitrogens is 7. The summed E-state index contributed by atoms with van der Waals surface area (Å²) in [6.45, 7) is 2.98. The average Bonchev–Trinajstić information content (AvgIpc) is 3.55. The fraction of sp³-hybridized carbons (Fsp3) is 0.444. The Bertz CT molecular complexity index is 1170. The van der Waals surface area contributed by atoms with Crippen molar-refractivity contribution in [1.29, 1.82) is 0 Å². The van der Waals surface area contributed by atoms with Crippen molar-refractivity contribution in [1.82, 2.24) is 35.4 Å². The van der Waals surface area contributed by atoms with Gasteiger partial charge in [-0.2, -0.15) is 10.3 Å². The lowest BCUT2D eigenvalue weighted by Crippen LogP contribution is -2.14. The molecule has 7 heteroatoms. The molecular formula is C27H33N7. The Morgan fingerprint density at radius 1 is 0.971 bits per heavy atom. The van der Waals surface area contributed by atoms with Crippen molar-refractivity contribution >= 4 is 0 Å². The number of hydrogen-bond acceptors (Lipinski definition) is 5. The van der Waals surface area contributed by atoms with Gasteiger partial charge >= 0.3 is 0 Å². The van der Waals surface area contributed by atoms with E-state index >= 15 is 0 Å². The molecule has 1 N–H and O–H groups in total. The van der Waals surface area contributed by atoms with E-state index in [1.54, 1.807) is 0 Å². The van der Waals surface area contributed by atoms with Gasteiger partial charge in [-0.05, 0) is 34.2 Å². The minimum atomic E-state index is 0.606. The summed E-state index contributed by atoms with van der Waals surface area (Å²) in [5.41, 5.74) is 4.43. The Kier molecular flexibility index (Phi) is 7.08. The molecule has 5 rings (SSSR count). The third-order valence-electron chi connectivity index (χ3n) is 6.85.